The van der Waals surface area contributed by atoms with Crippen molar-refractivity contribution in [1.29, 1.82) is 0 Å². The summed E-state index contributed by atoms with van der Waals surface area (Å²) in [6, 6.07) is 7.37. The Morgan fingerprint density at radius 2 is 2.11 bits per heavy atom. The van der Waals surface area contributed by atoms with Crippen LogP contribution in [0.25, 0.3) is 0 Å². The molecule has 0 aliphatic rings. The molecule has 0 saturated carbocycles. The highest BCUT2D eigenvalue weighted by Crippen LogP contribution is 2.14. The van der Waals surface area contributed by atoms with Crippen molar-refractivity contribution >= 4 is 23.3 Å². The second-order valence-electron chi connectivity index (χ2n) is 3.75. The summed E-state index contributed by atoms with van der Waals surface area (Å²) in [6.45, 7) is 0.512. The maximum Gasteiger partial charge on any atom is 0.360 e. The molecule has 0 radical (unpaired) electrons. The van der Waals surface area contributed by atoms with Crippen molar-refractivity contribution in [3.8, 4) is 0 Å². The molecule has 0 amide bonds. The highest BCUT2D eigenvalue weighted by Gasteiger charge is 2.14. The Hall–Kier alpha value is -2.01. The van der Waals surface area contributed by atoms with Gasteiger partial charge in [0.15, 0.2) is 5.69 Å². The monoisotopic (exact) mass is 265 g/mol. The van der Waals surface area contributed by atoms with E-state index in [-0.39, 0.29) is 5.69 Å². The second kappa shape index (κ2) is 5.10. The van der Waals surface area contributed by atoms with E-state index in [9.17, 15) is 4.79 Å². The fourth-order valence-electron chi connectivity index (χ4n) is 1.55. The Kier molecular flexibility index (Phi) is 3.53. The standard InChI is InChI=1S/C12H12ClN3O2/c1-18-12(17)11-10(14)7-16(15-11)6-8-2-4-9(13)5-3-8/h2-5,7H,6,14H2,1H3. The number of rotatable bonds is 3. The molecule has 0 unspecified atom stereocenters. The van der Waals surface area contributed by atoms with Gasteiger partial charge >= 0.3 is 5.97 Å². The van der Waals surface area contributed by atoms with Crippen molar-refractivity contribution in [1.82, 2.24) is 9.78 Å². The third-order valence-electron chi connectivity index (χ3n) is 2.43. The molecule has 0 aliphatic carbocycles. The molecule has 0 atom stereocenters. The minimum atomic E-state index is -0.539. The Labute approximate surface area is 109 Å². The molecule has 0 aliphatic heterocycles. The first-order valence-electron chi connectivity index (χ1n) is 5.26. The van der Waals surface area contributed by atoms with Crippen LogP contribution in [0, 0.1) is 0 Å². The molecule has 0 fully saturated rings. The first kappa shape index (κ1) is 12.4. The van der Waals surface area contributed by atoms with Crippen LogP contribution >= 0.6 is 11.6 Å². The van der Waals surface area contributed by atoms with E-state index in [0.29, 0.717) is 17.3 Å². The first-order valence-corrected chi connectivity index (χ1v) is 5.63. The number of halogens is 1. The predicted octanol–water partition coefficient (Wildman–Crippen LogP) is 1.95. The van der Waals surface area contributed by atoms with Crippen LogP contribution in [-0.2, 0) is 11.3 Å². The molecule has 94 valence electrons. The number of aromatic nitrogens is 2. The van der Waals surface area contributed by atoms with Gasteiger partial charge in [0.1, 0.15) is 0 Å². The molecule has 0 saturated heterocycles. The lowest BCUT2D eigenvalue weighted by molar-refractivity contribution is 0.0594. The quantitative estimate of drug-likeness (QED) is 0.861. The van der Waals surface area contributed by atoms with E-state index in [2.05, 4.69) is 9.84 Å². The number of nitrogens with zero attached hydrogens (tertiary/aromatic N) is 2. The third-order valence-corrected chi connectivity index (χ3v) is 2.68. The Morgan fingerprint density at radius 3 is 2.72 bits per heavy atom. The number of nitrogen functional groups attached to an aromatic ring is 1. The van der Waals surface area contributed by atoms with Crippen molar-refractivity contribution in [2.45, 2.75) is 6.54 Å². The fraction of sp³-hybridized carbons (Fsp3) is 0.167. The van der Waals surface area contributed by atoms with Gasteiger partial charge in [0.25, 0.3) is 0 Å². The summed E-state index contributed by atoms with van der Waals surface area (Å²) in [7, 11) is 1.29. The van der Waals surface area contributed by atoms with Gasteiger partial charge in [-0.2, -0.15) is 5.10 Å². The minimum Gasteiger partial charge on any atom is -0.464 e. The van der Waals surface area contributed by atoms with Crippen molar-refractivity contribution in [3.05, 3.63) is 46.7 Å². The SMILES string of the molecule is COC(=O)c1nn(Cc2ccc(Cl)cc2)cc1N. The molecule has 1 heterocycles. The number of anilines is 1. The molecule has 2 rings (SSSR count). The molecule has 1 aromatic heterocycles. The number of methoxy groups -OCH3 is 1. The number of carbonyl (C=O) groups is 1. The second-order valence-corrected chi connectivity index (χ2v) is 4.19. The Bertz CT molecular complexity index is 563. The van der Waals surface area contributed by atoms with Crippen molar-refractivity contribution < 1.29 is 9.53 Å². The average molecular weight is 266 g/mol. The summed E-state index contributed by atoms with van der Waals surface area (Å²) in [5, 5.41) is 4.76. The van der Waals surface area contributed by atoms with Gasteiger partial charge in [0.2, 0.25) is 0 Å². The zero-order valence-electron chi connectivity index (χ0n) is 9.76. The lowest BCUT2D eigenvalue weighted by atomic mass is 10.2. The molecule has 6 heteroatoms. The van der Waals surface area contributed by atoms with E-state index in [1.54, 1.807) is 23.0 Å². The third kappa shape index (κ3) is 2.62. The number of carbonyl (C=O) groups excluding carboxylic acids is 1. The van der Waals surface area contributed by atoms with Gasteiger partial charge in [-0.1, -0.05) is 23.7 Å². The zero-order valence-corrected chi connectivity index (χ0v) is 10.5. The van der Waals surface area contributed by atoms with Crippen LogP contribution in [0.5, 0.6) is 0 Å². The van der Waals surface area contributed by atoms with Gasteiger partial charge < -0.3 is 10.5 Å². The largest absolute Gasteiger partial charge is 0.464 e. The number of esters is 1. The van der Waals surface area contributed by atoms with Crippen molar-refractivity contribution in [2.75, 3.05) is 12.8 Å². The number of ether oxygens (including phenoxy) is 1. The van der Waals surface area contributed by atoms with E-state index in [1.807, 2.05) is 12.1 Å². The molecule has 5 nitrogen and oxygen atoms in total. The van der Waals surface area contributed by atoms with Crippen molar-refractivity contribution in [3.63, 3.8) is 0 Å². The van der Waals surface area contributed by atoms with E-state index in [1.165, 1.54) is 7.11 Å². The summed E-state index contributed by atoms with van der Waals surface area (Å²) in [5.41, 5.74) is 7.14. The summed E-state index contributed by atoms with van der Waals surface area (Å²) in [4.78, 5) is 11.3. The summed E-state index contributed by atoms with van der Waals surface area (Å²) >= 11 is 5.80. The topological polar surface area (TPSA) is 70.1 Å². The number of hydrogen-bond donors (Lipinski definition) is 1. The van der Waals surface area contributed by atoms with Crippen LogP contribution in [0.1, 0.15) is 16.1 Å². The predicted molar refractivity (Wildman–Crippen MR) is 68.5 cm³/mol. The molecule has 0 spiro atoms. The van der Waals surface area contributed by atoms with Gasteiger partial charge in [-0.15, -0.1) is 0 Å². The number of nitrogens with two attached hydrogens (primary N) is 1. The van der Waals surface area contributed by atoms with Gasteiger partial charge in [-0.25, -0.2) is 4.79 Å². The Balaban J connectivity index is 2.20. The number of benzene rings is 1. The molecule has 1 aromatic carbocycles. The summed E-state index contributed by atoms with van der Waals surface area (Å²) in [5.74, 6) is -0.539. The molecule has 2 aromatic rings. The summed E-state index contributed by atoms with van der Waals surface area (Å²) < 4.78 is 6.17. The average Bonchev–Trinajstić information content (AvgIpc) is 2.72. The normalized spacial score (nSPS) is 10.3. The van der Waals surface area contributed by atoms with Crippen LogP contribution in [0.4, 0.5) is 5.69 Å². The lowest BCUT2D eigenvalue weighted by Gasteiger charge is -2.01. The van der Waals surface area contributed by atoms with Crippen LogP contribution in [0.3, 0.4) is 0 Å². The number of hydrogen-bond acceptors (Lipinski definition) is 4. The van der Waals surface area contributed by atoms with Crippen LogP contribution in [0.15, 0.2) is 30.5 Å². The maximum absolute atomic E-state index is 11.3. The molecule has 18 heavy (non-hydrogen) atoms. The van der Waals surface area contributed by atoms with Gasteiger partial charge in [-0.3, -0.25) is 4.68 Å². The van der Waals surface area contributed by atoms with E-state index >= 15 is 0 Å². The smallest absolute Gasteiger partial charge is 0.360 e. The van der Waals surface area contributed by atoms with Crippen LogP contribution in [-0.4, -0.2) is 22.9 Å². The highest BCUT2D eigenvalue weighted by atomic mass is 35.5. The molecule has 0 bridgehead atoms. The first-order chi connectivity index (χ1) is 8.60. The summed E-state index contributed by atoms with van der Waals surface area (Å²) in [6.07, 6.45) is 1.60. The molecule has 2 N–H and O–H groups in total. The minimum absolute atomic E-state index is 0.131. The Morgan fingerprint density at radius 1 is 1.44 bits per heavy atom. The van der Waals surface area contributed by atoms with Crippen LogP contribution in [0.2, 0.25) is 5.02 Å². The van der Waals surface area contributed by atoms with E-state index < -0.39 is 5.97 Å². The molecular weight excluding hydrogens is 254 g/mol. The maximum atomic E-state index is 11.3. The van der Waals surface area contributed by atoms with Gasteiger partial charge in [0.05, 0.1) is 19.3 Å². The van der Waals surface area contributed by atoms with Crippen molar-refractivity contribution in [2.24, 2.45) is 0 Å². The van der Waals surface area contributed by atoms with Gasteiger partial charge in [0, 0.05) is 11.2 Å². The highest BCUT2D eigenvalue weighted by molar-refractivity contribution is 6.30. The van der Waals surface area contributed by atoms with Gasteiger partial charge in [-0.05, 0) is 17.7 Å². The lowest BCUT2D eigenvalue weighted by Crippen LogP contribution is -2.07. The van der Waals surface area contributed by atoms with E-state index in [0.717, 1.165) is 5.56 Å². The zero-order chi connectivity index (χ0) is 13.1. The molecular formula is C12H12ClN3O2. The van der Waals surface area contributed by atoms with E-state index in [4.69, 9.17) is 17.3 Å². The fourth-order valence-corrected chi connectivity index (χ4v) is 1.68. The van der Waals surface area contributed by atoms with Crippen LogP contribution < -0.4 is 5.73 Å².